The van der Waals surface area contributed by atoms with Crippen LogP contribution in [-0.4, -0.2) is 14.3 Å². The van der Waals surface area contributed by atoms with Gasteiger partial charge in [-0.25, -0.2) is 8.42 Å². The maximum Gasteiger partial charge on any atom is 0.261 e. The summed E-state index contributed by atoms with van der Waals surface area (Å²) >= 11 is 0. The molecule has 0 spiro atoms. The van der Waals surface area contributed by atoms with Crippen molar-refractivity contribution in [2.24, 2.45) is 0 Å². The fraction of sp³-hybridized carbons (Fsp3) is 0.133. The van der Waals surface area contributed by atoms with E-state index in [0.717, 1.165) is 0 Å². The van der Waals surface area contributed by atoms with Crippen LogP contribution in [0.4, 0.5) is 11.4 Å². The number of hydrogen-bond donors (Lipinski definition) is 2. The predicted octanol–water partition coefficient (Wildman–Crippen LogP) is 2.54. The summed E-state index contributed by atoms with van der Waals surface area (Å²) in [7, 11) is -3.66. The minimum atomic E-state index is -3.66. The molecule has 0 aliphatic carbocycles. The molecule has 0 bridgehead atoms. The van der Waals surface area contributed by atoms with Gasteiger partial charge in [-0.1, -0.05) is 18.2 Å². The molecule has 2 N–H and O–H groups in total. The normalized spacial score (nSPS) is 17.2. The first-order chi connectivity index (χ1) is 9.97. The summed E-state index contributed by atoms with van der Waals surface area (Å²) in [5.74, 6) is -0.456. The average molecular weight is 302 g/mol. The van der Waals surface area contributed by atoms with Crippen LogP contribution in [0, 0.1) is 0 Å². The summed E-state index contributed by atoms with van der Waals surface area (Å²) in [6.07, 6.45) is 0. The number of carbonyl (C=O) groups excluding carboxylic acids is 1. The quantitative estimate of drug-likeness (QED) is 0.915. The van der Waals surface area contributed by atoms with Crippen LogP contribution in [0.25, 0.3) is 0 Å². The first-order valence-corrected chi connectivity index (χ1v) is 7.98. The van der Waals surface area contributed by atoms with Crippen molar-refractivity contribution in [2.75, 3.05) is 10.0 Å². The number of amides is 1. The van der Waals surface area contributed by atoms with Crippen molar-refractivity contribution < 1.29 is 13.2 Å². The molecule has 0 fully saturated rings. The van der Waals surface area contributed by atoms with Crippen LogP contribution in [0.15, 0.2) is 53.4 Å². The van der Waals surface area contributed by atoms with Crippen molar-refractivity contribution in [3.8, 4) is 0 Å². The maximum atomic E-state index is 12.4. The van der Waals surface area contributed by atoms with Crippen molar-refractivity contribution in [1.29, 1.82) is 0 Å². The number of sulfonamides is 1. The molecule has 1 aliphatic rings. The number of fused-ring (bicyclic) bond motifs is 1. The van der Waals surface area contributed by atoms with Gasteiger partial charge in [-0.2, -0.15) is 0 Å². The van der Waals surface area contributed by atoms with E-state index in [0.29, 0.717) is 16.9 Å². The van der Waals surface area contributed by atoms with Crippen molar-refractivity contribution >= 4 is 27.3 Å². The Kier molecular flexibility index (Phi) is 3.17. The Balaban J connectivity index is 1.96. The molecule has 108 valence electrons. The number of nitrogens with one attached hydrogen (secondary N) is 2. The van der Waals surface area contributed by atoms with Gasteiger partial charge in [-0.3, -0.25) is 9.52 Å². The van der Waals surface area contributed by atoms with E-state index in [9.17, 15) is 13.2 Å². The van der Waals surface area contributed by atoms with Crippen LogP contribution in [0.3, 0.4) is 0 Å². The highest BCUT2D eigenvalue weighted by atomic mass is 32.2. The molecule has 6 heteroatoms. The van der Waals surface area contributed by atoms with Crippen LogP contribution in [0.1, 0.15) is 18.4 Å². The van der Waals surface area contributed by atoms with Crippen LogP contribution < -0.4 is 10.0 Å². The van der Waals surface area contributed by atoms with E-state index in [-0.39, 0.29) is 16.7 Å². The molecule has 2 aromatic rings. The summed E-state index contributed by atoms with van der Waals surface area (Å²) < 4.78 is 27.3. The SMILES string of the molecule is CC1C(=O)Nc2ccc(S(=O)(=O)Nc3ccccc3)cc21. The topological polar surface area (TPSA) is 75.3 Å². The zero-order valence-electron chi connectivity index (χ0n) is 11.3. The number of para-hydroxylation sites is 1. The molecular weight excluding hydrogens is 288 g/mol. The van der Waals surface area contributed by atoms with Crippen molar-refractivity contribution in [1.82, 2.24) is 0 Å². The van der Waals surface area contributed by atoms with E-state index in [1.54, 1.807) is 43.3 Å². The lowest BCUT2D eigenvalue weighted by Gasteiger charge is -2.09. The third-order valence-electron chi connectivity index (χ3n) is 3.48. The summed E-state index contributed by atoms with van der Waals surface area (Å²) in [5.41, 5.74) is 1.88. The fourth-order valence-corrected chi connectivity index (χ4v) is 3.38. The third-order valence-corrected chi connectivity index (χ3v) is 4.86. The molecule has 0 aromatic heterocycles. The summed E-state index contributed by atoms with van der Waals surface area (Å²) in [6.45, 7) is 1.75. The Morgan fingerprint density at radius 2 is 1.81 bits per heavy atom. The highest BCUT2D eigenvalue weighted by Crippen LogP contribution is 2.34. The molecule has 2 aromatic carbocycles. The van der Waals surface area contributed by atoms with E-state index < -0.39 is 10.0 Å². The zero-order chi connectivity index (χ0) is 15.0. The molecular formula is C15H14N2O3S. The molecule has 1 amide bonds. The smallest absolute Gasteiger partial charge is 0.261 e. The number of anilines is 2. The number of benzene rings is 2. The van der Waals surface area contributed by atoms with E-state index in [4.69, 9.17) is 0 Å². The lowest BCUT2D eigenvalue weighted by atomic mass is 10.0. The van der Waals surface area contributed by atoms with Gasteiger partial charge in [0.2, 0.25) is 5.91 Å². The Bertz CT molecular complexity index is 801. The lowest BCUT2D eigenvalue weighted by molar-refractivity contribution is -0.116. The number of hydrogen-bond acceptors (Lipinski definition) is 3. The van der Waals surface area contributed by atoms with E-state index in [1.807, 2.05) is 6.07 Å². The molecule has 1 heterocycles. The monoisotopic (exact) mass is 302 g/mol. The Hall–Kier alpha value is -2.34. The molecule has 1 unspecified atom stereocenters. The van der Waals surface area contributed by atoms with Crippen molar-refractivity contribution in [3.63, 3.8) is 0 Å². The van der Waals surface area contributed by atoms with Crippen LogP contribution >= 0.6 is 0 Å². The maximum absolute atomic E-state index is 12.4. The van der Waals surface area contributed by atoms with E-state index in [1.165, 1.54) is 6.07 Å². The minimum Gasteiger partial charge on any atom is -0.325 e. The molecule has 0 saturated carbocycles. The standard InChI is InChI=1S/C15H14N2O3S/c1-10-13-9-12(7-8-14(13)16-15(10)18)21(19,20)17-11-5-3-2-4-6-11/h2-10,17H,1H3,(H,16,18). The van der Waals surface area contributed by atoms with Crippen LogP contribution in [0.5, 0.6) is 0 Å². The third kappa shape index (κ3) is 2.50. The summed E-state index contributed by atoms with van der Waals surface area (Å²) in [4.78, 5) is 11.8. The molecule has 21 heavy (non-hydrogen) atoms. The van der Waals surface area contributed by atoms with Gasteiger partial charge >= 0.3 is 0 Å². The van der Waals surface area contributed by atoms with Crippen LogP contribution in [-0.2, 0) is 14.8 Å². The molecule has 0 radical (unpaired) electrons. The Morgan fingerprint density at radius 1 is 1.10 bits per heavy atom. The predicted molar refractivity (Wildman–Crippen MR) is 80.7 cm³/mol. The van der Waals surface area contributed by atoms with Gasteiger partial charge in [0, 0.05) is 11.4 Å². The first-order valence-electron chi connectivity index (χ1n) is 6.50. The summed E-state index contributed by atoms with van der Waals surface area (Å²) in [6, 6.07) is 13.3. The second-order valence-corrected chi connectivity index (χ2v) is 6.61. The Labute approximate surface area is 123 Å². The van der Waals surface area contributed by atoms with Gasteiger partial charge in [0.25, 0.3) is 10.0 Å². The number of carbonyl (C=O) groups is 1. The molecule has 1 aliphatic heterocycles. The lowest BCUT2D eigenvalue weighted by Crippen LogP contribution is -2.13. The molecule has 5 nitrogen and oxygen atoms in total. The van der Waals surface area contributed by atoms with Crippen molar-refractivity contribution in [3.05, 3.63) is 54.1 Å². The van der Waals surface area contributed by atoms with Gasteiger partial charge in [-0.05, 0) is 42.8 Å². The largest absolute Gasteiger partial charge is 0.325 e. The molecule has 0 saturated heterocycles. The van der Waals surface area contributed by atoms with E-state index in [2.05, 4.69) is 10.0 Å². The van der Waals surface area contributed by atoms with E-state index >= 15 is 0 Å². The van der Waals surface area contributed by atoms with Gasteiger partial charge in [0.1, 0.15) is 0 Å². The first kappa shape index (κ1) is 13.6. The van der Waals surface area contributed by atoms with Gasteiger partial charge < -0.3 is 5.32 Å². The minimum absolute atomic E-state index is 0.115. The van der Waals surface area contributed by atoms with Crippen LogP contribution in [0.2, 0.25) is 0 Å². The second-order valence-electron chi connectivity index (χ2n) is 4.93. The fourth-order valence-electron chi connectivity index (χ4n) is 2.28. The molecule has 1 atom stereocenters. The highest BCUT2D eigenvalue weighted by molar-refractivity contribution is 7.92. The Morgan fingerprint density at radius 3 is 2.52 bits per heavy atom. The number of rotatable bonds is 3. The van der Waals surface area contributed by atoms with Crippen molar-refractivity contribution in [2.45, 2.75) is 17.7 Å². The zero-order valence-corrected chi connectivity index (χ0v) is 12.1. The second kappa shape index (κ2) is 4.89. The van der Waals surface area contributed by atoms with Gasteiger partial charge in [0.05, 0.1) is 10.8 Å². The average Bonchev–Trinajstić information content (AvgIpc) is 2.74. The highest BCUT2D eigenvalue weighted by Gasteiger charge is 2.28. The molecule has 3 rings (SSSR count). The van der Waals surface area contributed by atoms with Gasteiger partial charge in [-0.15, -0.1) is 0 Å². The van der Waals surface area contributed by atoms with Gasteiger partial charge in [0.15, 0.2) is 0 Å². The summed E-state index contributed by atoms with van der Waals surface area (Å²) in [5, 5.41) is 2.72.